The van der Waals surface area contributed by atoms with Crippen molar-refractivity contribution in [2.75, 3.05) is 26.8 Å². The fourth-order valence-electron chi connectivity index (χ4n) is 3.19. The second kappa shape index (κ2) is 8.08. The standard InChI is InChI=1S/C21H21N3O3S/c1-26-18-9-8-16(11-19(18)27-2)10-17-20(25)24-13-23(14-28-21(24)22-17)12-15-6-4-3-5-7-15/h3-11H,12-14H2,1-2H3/b17-10-. The molecule has 0 aromatic heterocycles. The molecule has 0 radical (unpaired) electrons. The largest absolute Gasteiger partial charge is 0.493 e. The number of hydrogen-bond donors (Lipinski definition) is 0. The monoisotopic (exact) mass is 395 g/mol. The van der Waals surface area contributed by atoms with Crippen LogP contribution in [-0.2, 0) is 11.3 Å². The third-order valence-corrected chi connectivity index (χ3v) is 5.65. The van der Waals surface area contributed by atoms with E-state index < -0.39 is 0 Å². The molecule has 2 aliphatic heterocycles. The molecular weight excluding hydrogens is 374 g/mol. The predicted octanol–water partition coefficient (Wildman–Crippen LogP) is 3.41. The summed E-state index contributed by atoms with van der Waals surface area (Å²) in [5, 5.41) is 0.765. The molecule has 2 heterocycles. The topological polar surface area (TPSA) is 54.4 Å². The highest BCUT2D eigenvalue weighted by molar-refractivity contribution is 8.13. The number of ether oxygens (including phenoxy) is 2. The number of amides is 1. The van der Waals surface area contributed by atoms with Crippen LogP contribution in [0.2, 0.25) is 0 Å². The Labute approximate surface area is 168 Å². The van der Waals surface area contributed by atoms with Crippen molar-refractivity contribution in [3.8, 4) is 11.5 Å². The molecule has 0 atom stereocenters. The lowest BCUT2D eigenvalue weighted by molar-refractivity contribution is -0.124. The highest BCUT2D eigenvalue weighted by Gasteiger charge is 2.35. The average Bonchev–Trinajstić information content (AvgIpc) is 3.04. The zero-order chi connectivity index (χ0) is 19.5. The van der Waals surface area contributed by atoms with Crippen molar-refractivity contribution in [3.63, 3.8) is 0 Å². The third kappa shape index (κ3) is 3.76. The van der Waals surface area contributed by atoms with E-state index in [1.807, 2.05) is 36.4 Å². The van der Waals surface area contributed by atoms with Gasteiger partial charge in [0.2, 0.25) is 0 Å². The Bertz CT molecular complexity index is 943. The predicted molar refractivity (Wildman–Crippen MR) is 111 cm³/mol. The molecule has 0 saturated carbocycles. The molecule has 2 aliphatic rings. The Hall–Kier alpha value is -2.77. The van der Waals surface area contributed by atoms with Crippen molar-refractivity contribution >= 4 is 28.9 Å². The summed E-state index contributed by atoms with van der Waals surface area (Å²) in [6, 6.07) is 15.8. The molecular formula is C21H21N3O3S. The number of aliphatic imine (C=N–C) groups is 1. The quantitative estimate of drug-likeness (QED) is 0.727. The molecule has 1 fully saturated rings. The average molecular weight is 395 g/mol. The summed E-state index contributed by atoms with van der Waals surface area (Å²) in [5.41, 5.74) is 2.52. The molecule has 144 valence electrons. The smallest absolute Gasteiger partial charge is 0.279 e. The van der Waals surface area contributed by atoms with E-state index in [9.17, 15) is 4.79 Å². The number of carbonyl (C=O) groups is 1. The van der Waals surface area contributed by atoms with Gasteiger partial charge < -0.3 is 9.47 Å². The van der Waals surface area contributed by atoms with Crippen LogP contribution in [0.15, 0.2) is 59.2 Å². The van der Waals surface area contributed by atoms with Crippen LogP contribution in [0.1, 0.15) is 11.1 Å². The Morgan fingerprint density at radius 2 is 1.89 bits per heavy atom. The van der Waals surface area contributed by atoms with Gasteiger partial charge in [0.15, 0.2) is 16.7 Å². The van der Waals surface area contributed by atoms with E-state index in [0.29, 0.717) is 23.9 Å². The van der Waals surface area contributed by atoms with E-state index in [2.05, 4.69) is 22.0 Å². The number of hydrogen-bond acceptors (Lipinski definition) is 6. The second-order valence-corrected chi connectivity index (χ2v) is 7.41. The van der Waals surface area contributed by atoms with Gasteiger partial charge in [0.1, 0.15) is 5.70 Å². The molecule has 28 heavy (non-hydrogen) atoms. The van der Waals surface area contributed by atoms with Gasteiger partial charge >= 0.3 is 0 Å². The molecule has 2 aromatic rings. The van der Waals surface area contributed by atoms with Crippen molar-refractivity contribution in [3.05, 3.63) is 65.4 Å². The summed E-state index contributed by atoms with van der Waals surface area (Å²) >= 11 is 1.59. The van der Waals surface area contributed by atoms with Crippen LogP contribution in [0, 0.1) is 0 Å². The maximum absolute atomic E-state index is 12.9. The lowest BCUT2D eigenvalue weighted by Gasteiger charge is -2.32. The molecule has 0 unspecified atom stereocenters. The van der Waals surface area contributed by atoms with Crippen LogP contribution in [0.4, 0.5) is 0 Å². The van der Waals surface area contributed by atoms with Crippen molar-refractivity contribution in [1.82, 2.24) is 9.80 Å². The Kier molecular flexibility index (Phi) is 5.36. The molecule has 1 saturated heterocycles. The molecule has 4 rings (SSSR count). The zero-order valence-corrected chi connectivity index (χ0v) is 16.6. The van der Waals surface area contributed by atoms with E-state index in [0.717, 1.165) is 23.2 Å². The van der Waals surface area contributed by atoms with Gasteiger partial charge in [0.25, 0.3) is 5.91 Å². The summed E-state index contributed by atoms with van der Waals surface area (Å²) in [6.07, 6.45) is 1.79. The van der Waals surface area contributed by atoms with E-state index in [4.69, 9.17) is 9.47 Å². The Morgan fingerprint density at radius 1 is 1.11 bits per heavy atom. The van der Waals surface area contributed by atoms with Crippen molar-refractivity contribution < 1.29 is 14.3 Å². The van der Waals surface area contributed by atoms with Gasteiger partial charge in [0.05, 0.1) is 26.8 Å². The summed E-state index contributed by atoms with van der Waals surface area (Å²) in [7, 11) is 3.19. The van der Waals surface area contributed by atoms with Gasteiger partial charge in [-0.05, 0) is 29.3 Å². The summed E-state index contributed by atoms with van der Waals surface area (Å²) in [4.78, 5) is 21.4. The third-order valence-electron chi connectivity index (χ3n) is 4.59. The minimum absolute atomic E-state index is 0.0740. The van der Waals surface area contributed by atoms with Crippen LogP contribution < -0.4 is 9.47 Å². The molecule has 7 heteroatoms. The molecule has 6 nitrogen and oxygen atoms in total. The van der Waals surface area contributed by atoms with Gasteiger partial charge in [-0.2, -0.15) is 0 Å². The van der Waals surface area contributed by atoms with Crippen molar-refractivity contribution in [1.29, 1.82) is 0 Å². The lowest BCUT2D eigenvalue weighted by Crippen LogP contribution is -2.45. The van der Waals surface area contributed by atoms with E-state index in [1.54, 1.807) is 37.0 Å². The Morgan fingerprint density at radius 3 is 2.64 bits per heavy atom. The van der Waals surface area contributed by atoms with Crippen molar-refractivity contribution in [2.45, 2.75) is 6.54 Å². The van der Waals surface area contributed by atoms with Gasteiger partial charge in [-0.25, -0.2) is 4.99 Å². The fourth-order valence-corrected chi connectivity index (χ4v) is 4.12. The number of carbonyl (C=O) groups excluding carboxylic acids is 1. The lowest BCUT2D eigenvalue weighted by atomic mass is 10.1. The molecule has 1 amide bonds. The normalized spacial score (nSPS) is 18.2. The van der Waals surface area contributed by atoms with E-state index in [-0.39, 0.29) is 5.91 Å². The molecule has 0 spiro atoms. The summed E-state index contributed by atoms with van der Waals surface area (Å²) in [5.74, 6) is 2.01. The highest BCUT2D eigenvalue weighted by Crippen LogP contribution is 2.31. The first-order chi connectivity index (χ1) is 13.7. The molecule has 0 aliphatic carbocycles. The van der Waals surface area contributed by atoms with Gasteiger partial charge in [0, 0.05) is 6.54 Å². The van der Waals surface area contributed by atoms with E-state index in [1.165, 1.54) is 5.56 Å². The number of methoxy groups -OCH3 is 2. The molecule has 0 N–H and O–H groups in total. The van der Waals surface area contributed by atoms with Crippen LogP contribution in [-0.4, -0.2) is 47.6 Å². The van der Waals surface area contributed by atoms with Crippen LogP contribution in [0.25, 0.3) is 6.08 Å². The zero-order valence-electron chi connectivity index (χ0n) is 15.8. The summed E-state index contributed by atoms with van der Waals surface area (Å²) in [6.45, 7) is 1.35. The SMILES string of the molecule is COc1ccc(/C=C2\N=C3SCN(Cc4ccccc4)CN3C2=O)cc1OC. The number of rotatable bonds is 5. The van der Waals surface area contributed by atoms with Crippen molar-refractivity contribution in [2.24, 2.45) is 4.99 Å². The van der Waals surface area contributed by atoms with E-state index >= 15 is 0 Å². The second-order valence-electron chi connectivity index (χ2n) is 6.50. The molecule has 0 bridgehead atoms. The van der Waals surface area contributed by atoms with Gasteiger partial charge in [-0.15, -0.1) is 0 Å². The van der Waals surface area contributed by atoms with Crippen LogP contribution in [0.3, 0.4) is 0 Å². The first kappa shape index (κ1) is 18.6. The first-order valence-corrected chi connectivity index (χ1v) is 9.90. The maximum atomic E-state index is 12.9. The first-order valence-electron chi connectivity index (χ1n) is 8.91. The highest BCUT2D eigenvalue weighted by atomic mass is 32.2. The Balaban J connectivity index is 1.50. The number of amidine groups is 1. The minimum Gasteiger partial charge on any atom is -0.493 e. The number of nitrogens with zero attached hydrogens (tertiary/aromatic N) is 3. The van der Waals surface area contributed by atoms with Crippen LogP contribution in [0.5, 0.6) is 11.5 Å². The maximum Gasteiger partial charge on any atom is 0.279 e. The number of fused-ring (bicyclic) bond motifs is 1. The molecule has 2 aromatic carbocycles. The van der Waals surface area contributed by atoms with Gasteiger partial charge in [-0.1, -0.05) is 48.2 Å². The number of thioether (sulfide) groups is 1. The summed E-state index contributed by atoms with van der Waals surface area (Å²) < 4.78 is 10.6. The fraction of sp³-hybridized carbons (Fsp3) is 0.238. The van der Waals surface area contributed by atoms with Gasteiger partial charge in [-0.3, -0.25) is 14.6 Å². The van der Waals surface area contributed by atoms with Crippen LogP contribution >= 0.6 is 11.8 Å². The number of benzene rings is 2. The minimum atomic E-state index is -0.0740.